The number of carboxylic acid groups (broad SMARTS) is 1. The Hall–Kier alpha value is -0.500. The van der Waals surface area contributed by atoms with Crippen molar-refractivity contribution in [3.05, 3.63) is 10.6 Å². The van der Waals surface area contributed by atoms with Gasteiger partial charge in [0.1, 0.15) is 0 Å². The lowest BCUT2D eigenvalue weighted by atomic mass is 10.1. The van der Waals surface area contributed by atoms with E-state index in [0.29, 0.717) is 11.5 Å². The van der Waals surface area contributed by atoms with Gasteiger partial charge in [-0.1, -0.05) is 37.8 Å². The Labute approximate surface area is 84.6 Å². The van der Waals surface area contributed by atoms with E-state index in [1.54, 1.807) is 6.92 Å². The second-order valence-corrected chi connectivity index (χ2v) is 3.60. The number of hydrogen-bond acceptors (Lipinski definition) is 1. The van der Waals surface area contributed by atoms with E-state index in [0.717, 1.165) is 12.8 Å². The van der Waals surface area contributed by atoms with Crippen molar-refractivity contribution in [2.24, 2.45) is 0 Å². The summed E-state index contributed by atoms with van der Waals surface area (Å²) in [7, 11) is 0. The van der Waals surface area contributed by atoms with Gasteiger partial charge in [-0.15, -0.1) is 0 Å². The zero-order chi connectivity index (χ0) is 10.3. The number of carbonyl (C=O) groups is 1. The first-order valence-corrected chi connectivity index (χ1v) is 5.06. The molecule has 1 N–H and O–H groups in total. The molecule has 0 saturated carbocycles. The molecule has 0 fully saturated rings. The van der Waals surface area contributed by atoms with Crippen LogP contribution in [0.4, 0.5) is 0 Å². The van der Waals surface area contributed by atoms with Gasteiger partial charge in [0, 0.05) is 10.6 Å². The van der Waals surface area contributed by atoms with Crippen LogP contribution < -0.4 is 0 Å². The highest BCUT2D eigenvalue weighted by atomic mass is 35.5. The van der Waals surface area contributed by atoms with Gasteiger partial charge in [0.05, 0.1) is 0 Å². The lowest BCUT2D eigenvalue weighted by Crippen LogP contribution is -1.98. The highest BCUT2D eigenvalue weighted by molar-refractivity contribution is 6.31. The van der Waals surface area contributed by atoms with Crippen LogP contribution in [0.1, 0.15) is 46.0 Å². The van der Waals surface area contributed by atoms with E-state index >= 15 is 0 Å². The molecule has 0 amide bonds. The van der Waals surface area contributed by atoms with Crippen LogP contribution in [-0.2, 0) is 4.79 Å². The molecule has 0 rings (SSSR count). The molecule has 0 aromatic heterocycles. The van der Waals surface area contributed by atoms with Gasteiger partial charge in [-0.2, -0.15) is 0 Å². The standard InChI is InChI=1S/C10H17ClO2/c1-3-4-5-6-7-9(11)8(2)10(12)13/h3-7H2,1-2H3,(H,12,13)/b9-8+. The zero-order valence-electron chi connectivity index (χ0n) is 8.27. The molecule has 0 aromatic carbocycles. The van der Waals surface area contributed by atoms with E-state index in [1.807, 2.05) is 0 Å². The maximum absolute atomic E-state index is 10.5. The Kier molecular flexibility index (Phi) is 6.69. The van der Waals surface area contributed by atoms with Crippen LogP contribution in [0, 0.1) is 0 Å². The average Bonchev–Trinajstić information content (AvgIpc) is 2.10. The molecule has 0 radical (unpaired) electrons. The first kappa shape index (κ1) is 12.5. The van der Waals surface area contributed by atoms with Gasteiger partial charge < -0.3 is 5.11 Å². The molecular formula is C10H17ClO2. The normalized spacial score (nSPS) is 12.5. The van der Waals surface area contributed by atoms with Crippen LogP contribution in [0.15, 0.2) is 10.6 Å². The molecule has 76 valence electrons. The minimum atomic E-state index is -0.916. The van der Waals surface area contributed by atoms with Crippen molar-refractivity contribution in [2.45, 2.75) is 46.0 Å². The van der Waals surface area contributed by atoms with Crippen LogP contribution in [-0.4, -0.2) is 11.1 Å². The first-order chi connectivity index (χ1) is 6.09. The summed E-state index contributed by atoms with van der Waals surface area (Å²) in [5.74, 6) is -0.916. The molecule has 0 bridgehead atoms. The van der Waals surface area contributed by atoms with Crippen LogP contribution >= 0.6 is 11.6 Å². The summed E-state index contributed by atoms with van der Waals surface area (Å²) >= 11 is 5.80. The Morgan fingerprint density at radius 1 is 1.31 bits per heavy atom. The van der Waals surface area contributed by atoms with Crippen molar-refractivity contribution in [1.29, 1.82) is 0 Å². The van der Waals surface area contributed by atoms with Crippen molar-refractivity contribution in [1.82, 2.24) is 0 Å². The highest BCUT2D eigenvalue weighted by Crippen LogP contribution is 2.17. The molecular weight excluding hydrogens is 188 g/mol. The summed E-state index contributed by atoms with van der Waals surface area (Å²) < 4.78 is 0. The second kappa shape index (κ2) is 6.96. The summed E-state index contributed by atoms with van der Waals surface area (Å²) in [5, 5.41) is 9.10. The fraction of sp³-hybridized carbons (Fsp3) is 0.700. The monoisotopic (exact) mass is 204 g/mol. The molecule has 0 atom stereocenters. The summed E-state index contributed by atoms with van der Waals surface area (Å²) in [6, 6.07) is 0. The molecule has 0 spiro atoms. The zero-order valence-corrected chi connectivity index (χ0v) is 9.02. The number of carboxylic acids is 1. The van der Waals surface area contributed by atoms with Gasteiger partial charge in [-0.3, -0.25) is 0 Å². The molecule has 0 heterocycles. The van der Waals surface area contributed by atoms with Crippen molar-refractivity contribution in [3.63, 3.8) is 0 Å². The lowest BCUT2D eigenvalue weighted by molar-refractivity contribution is -0.132. The van der Waals surface area contributed by atoms with E-state index in [9.17, 15) is 4.79 Å². The lowest BCUT2D eigenvalue weighted by Gasteiger charge is -2.01. The predicted octanol–water partition coefficient (Wildman–Crippen LogP) is 3.55. The van der Waals surface area contributed by atoms with Crippen molar-refractivity contribution >= 4 is 17.6 Å². The van der Waals surface area contributed by atoms with E-state index in [1.165, 1.54) is 12.8 Å². The van der Waals surface area contributed by atoms with Gasteiger partial charge in [0.15, 0.2) is 0 Å². The number of aliphatic carboxylic acids is 1. The molecule has 0 aromatic rings. The number of hydrogen-bond donors (Lipinski definition) is 1. The average molecular weight is 205 g/mol. The second-order valence-electron chi connectivity index (χ2n) is 3.15. The smallest absolute Gasteiger partial charge is 0.332 e. The number of allylic oxidation sites excluding steroid dienone is 1. The van der Waals surface area contributed by atoms with Crippen LogP contribution in [0.5, 0.6) is 0 Å². The summed E-state index contributed by atoms with van der Waals surface area (Å²) in [6.07, 6.45) is 5.17. The van der Waals surface area contributed by atoms with Crippen LogP contribution in [0.2, 0.25) is 0 Å². The minimum Gasteiger partial charge on any atom is -0.478 e. The molecule has 3 heteroatoms. The predicted molar refractivity (Wildman–Crippen MR) is 54.9 cm³/mol. The molecule has 0 unspecified atom stereocenters. The van der Waals surface area contributed by atoms with Gasteiger partial charge in [-0.05, 0) is 19.8 Å². The van der Waals surface area contributed by atoms with E-state index in [2.05, 4.69) is 6.92 Å². The van der Waals surface area contributed by atoms with Crippen molar-refractivity contribution in [3.8, 4) is 0 Å². The molecule has 13 heavy (non-hydrogen) atoms. The third kappa shape index (κ3) is 5.69. The maximum atomic E-state index is 10.5. The number of rotatable bonds is 6. The highest BCUT2D eigenvalue weighted by Gasteiger charge is 2.06. The van der Waals surface area contributed by atoms with Gasteiger partial charge in [-0.25, -0.2) is 4.79 Å². The first-order valence-electron chi connectivity index (χ1n) is 4.68. The Morgan fingerprint density at radius 2 is 1.92 bits per heavy atom. The number of unbranched alkanes of at least 4 members (excludes halogenated alkanes) is 3. The van der Waals surface area contributed by atoms with Crippen LogP contribution in [0.3, 0.4) is 0 Å². The summed E-state index contributed by atoms with van der Waals surface area (Å²) in [6.45, 7) is 3.68. The van der Waals surface area contributed by atoms with Crippen molar-refractivity contribution in [2.75, 3.05) is 0 Å². The topological polar surface area (TPSA) is 37.3 Å². The quantitative estimate of drug-likeness (QED) is 0.531. The molecule has 0 aliphatic rings. The van der Waals surface area contributed by atoms with Gasteiger partial charge >= 0.3 is 5.97 Å². The van der Waals surface area contributed by atoms with Gasteiger partial charge in [0.2, 0.25) is 0 Å². The van der Waals surface area contributed by atoms with E-state index in [4.69, 9.17) is 16.7 Å². The largest absolute Gasteiger partial charge is 0.478 e. The summed E-state index contributed by atoms with van der Waals surface area (Å²) in [4.78, 5) is 10.5. The molecule has 0 aliphatic heterocycles. The molecule has 2 nitrogen and oxygen atoms in total. The Balaban J connectivity index is 3.79. The number of halogens is 1. The van der Waals surface area contributed by atoms with Crippen molar-refractivity contribution < 1.29 is 9.90 Å². The fourth-order valence-corrected chi connectivity index (χ4v) is 1.22. The fourth-order valence-electron chi connectivity index (χ4n) is 1.01. The van der Waals surface area contributed by atoms with E-state index in [-0.39, 0.29) is 5.57 Å². The third-order valence-electron chi connectivity index (χ3n) is 1.98. The van der Waals surface area contributed by atoms with E-state index < -0.39 is 5.97 Å². The minimum absolute atomic E-state index is 0.276. The Bertz CT molecular complexity index is 197. The van der Waals surface area contributed by atoms with Gasteiger partial charge in [0.25, 0.3) is 0 Å². The SMILES string of the molecule is CCCCCC/C(Cl)=C(/C)C(=O)O. The maximum Gasteiger partial charge on any atom is 0.332 e. The third-order valence-corrected chi connectivity index (χ3v) is 2.45. The molecule has 0 aliphatic carbocycles. The molecule has 0 saturated heterocycles. The Morgan fingerprint density at radius 3 is 2.38 bits per heavy atom. The summed E-state index contributed by atoms with van der Waals surface area (Å²) in [5.41, 5.74) is 0.276. The van der Waals surface area contributed by atoms with Crippen LogP contribution in [0.25, 0.3) is 0 Å².